The summed E-state index contributed by atoms with van der Waals surface area (Å²) in [6.07, 6.45) is 5.13. The largest absolute Gasteiger partial charge is 0.373 e. The van der Waals surface area contributed by atoms with Crippen LogP contribution in [0.3, 0.4) is 0 Å². The zero-order chi connectivity index (χ0) is 28.6. The van der Waals surface area contributed by atoms with E-state index in [-0.39, 0.29) is 33.4 Å². The van der Waals surface area contributed by atoms with Gasteiger partial charge in [0.05, 0.1) is 49.3 Å². The van der Waals surface area contributed by atoms with E-state index in [0.29, 0.717) is 27.3 Å². The highest BCUT2D eigenvalue weighted by atomic mass is 35.5. The number of rotatable bonds is 7. The lowest BCUT2D eigenvalue weighted by Crippen LogP contribution is -2.41. The zero-order valence-corrected chi connectivity index (χ0v) is 23.9. The molecule has 1 atom stereocenters. The van der Waals surface area contributed by atoms with Crippen LogP contribution >= 0.6 is 34.8 Å². The van der Waals surface area contributed by atoms with Gasteiger partial charge in [-0.15, -0.1) is 5.53 Å². The predicted octanol–water partition coefficient (Wildman–Crippen LogP) is 7.38. The highest BCUT2D eigenvalue weighted by Crippen LogP contribution is 2.39. The number of aryl methyl sites for hydroxylation is 1. The van der Waals surface area contributed by atoms with Crippen molar-refractivity contribution in [3.05, 3.63) is 98.4 Å². The maximum atomic E-state index is 15.0. The minimum absolute atomic E-state index is 0.0527. The van der Waals surface area contributed by atoms with Gasteiger partial charge in [0.15, 0.2) is 5.82 Å². The third kappa shape index (κ3) is 5.31. The van der Waals surface area contributed by atoms with E-state index in [2.05, 4.69) is 51.5 Å². The number of pyridine rings is 2. The molecule has 2 aromatic carbocycles. The second-order valence-electron chi connectivity index (χ2n) is 9.44. The third-order valence-electron chi connectivity index (χ3n) is 6.48. The van der Waals surface area contributed by atoms with E-state index in [1.165, 1.54) is 18.3 Å². The molecule has 12 heteroatoms. The zero-order valence-electron chi connectivity index (χ0n) is 21.7. The molecule has 8 nitrogen and oxygen atoms in total. The van der Waals surface area contributed by atoms with Gasteiger partial charge in [0.1, 0.15) is 6.07 Å². The van der Waals surface area contributed by atoms with Crippen molar-refractivity contribution in [3.63, 3.8) is 0 Å². The summed E-state index contributed by atoms with van der Waals surface area (Å²) in [5, 5.41) is 19.1. The molecule has 0 unspecified atom stereocenters. The van der Waals surface area contributed by atoms with Crippen LogP contribution in [0.5, 0.6) is 0 Å². The topological polar surface area (TPSA) is 101 Å². The van der Waals surface area contributed by atoms with Crippen LogP contribution in [0.4, 0.5) is 21.5 Å². The Bertz CT molecular complexity index is 1680. The van der Waals surface area contributed by atoms with Crippen molar-refractivity contribution in [1.29, 1.82) is 5.26 Å². The Morgan fingerprint density at radius 1 is 1.10 bits per heavy atom. The van der Waals surface area contributed by atoms with E-state index in [9.17, 15) is 9.65 Å². The minimum Gasteiger partial charge on any atom is -0.373 e. The first-order valence-corrected chi connectivity index (χ1v) is 13.4. The van der Waals surface area contributed by atoms with Crippen LogP contribution in [0, 0.1) is 24.1 Å². The first kappa shape index (κ1) is 27.7. The molecular formula is C28H24Cl3FN8. The molecule has 0 amide bonds. The van der Waals surface area contributed by atoms with Gasteiger partial charge in [0.25, 0.3) is 0 Å². The summed E-state index contributed by atoms with van der Waals surface area (Å²) < 4.78 is 15.0. The minimum atomic E-state index is -0.739. The number of nitrogens with zero attached hydrogens (tertiary/aromatic N) is 4. The number of halogens is 4. The van der Waals surface area contributed by atoms with Crippen molar-refractivity contribution in [1.82, 2.24) is 25.9 Å². The number of benzene rings is 2. The van der Waals surface area contributed by atoms with Gasteiger partial charge in [-0.1, -0.05) is 40.9 Å². The van der Waals surface area contributed by atoms with Crippen LogP contribution in [0.15, 0.2) is 60.7 Å². The molecule has 0 bridgehead atoms. The standard InChI is InChI=1S/C28H24Cl3FN8/c1-14(2)40-13-23(38-39-40)28(18-5-4-8-34-15(18)3)36-17-9-19-26(16(11-33)12-35-27(19)21(30)10-17)37-22-7-6-20(29)24(31)25(22)32/h4-10,12-14,28,36,38-39H,1-3H3,(H,35,37)/t28-/m0/s1. The van der Waals surface area contributed by atoms with Crippen LogP contribution in [0.25, 0.3) is 10.9 Å². The maximum absolute atomic E-state index is 15.0. The molecule has 5 rings (SSSR count). The second-order valence-corrected chi connectivity index (χ2v) is 10.6. The fraction of sp³-hybridized carbons (Fsp3) is 0.179. The average Bonchev–Trinajstić information content (AvgIpc) is 3.43. The van der Waals surface area contributed by atoms with Gasteiger partial charge in [0, 0.05) is 47.0 Å². The van der Waals surface area contributed by atoms with Gasteiger partial charge in [0.2, 0.25) is 0 Å². The molecule has 0 saturated carbocycles. The van der Waals surface area contributed by atoms with Crippen molar-refractivity contribution in [2.75, 3.05) is 10.6 Å². The number of nitrogens with one attached hydrogen (secondary N) is 4. The van der Waals surface area contributed by atoms with E-state index in [1.807, 2.05) is 36.3 Å². The number of hydrogen-bond acceptors (Lipinski definition) is 8. The number of fused-ring (bicyclic) bond motifs is 1. The molecule has 204 valence electrons. The molecule has 1 aliphatic rings. The Labute approximate surface area is 245 Å². The molecule has 0 spiro atoms. The molecule has 4 N–H and O–H groups in total. The molecule has 2 aromatic heterocycles. The van der Waals surface area contributed by atoms with Gasteiger partial charge in [-0.05, 0) is 51.1 Å². The first-order valence-electron chi connectivity index (χ1n) is 12.3. The molecule has 40 heavy (non-hydrogen) atoms. The number of hydrogen-bond donors (Lipinski definition) is 4. The fourth-order valence-corrected chi connectivity index (χ4v) is 4.96. The molecular weight excluding hydrogens is 574 g/mol. The summed E-state index contributed by atoms with van der Waals surface area (Å²) in [6.45, 7) is 6.08. The normalized spacial score (nSPS) is 13.7. The van der Waals surface area contributed by atoms with Gasteiger partial charge in [-0.2, -0.15) is 5.26 Å². The molecule has 1 aliphatic heterocycles. The van der Waals surface area contributed by atoms with Crippen LogP contribution in [0.1, 0.15) is 36.7 Å². The first-order chi connectivity index (χ1) is 19.2. The quantitative estimate of drug-likeness (QED) is 0.164. The third-order valence-corrected chi connectivity index (χ3v) is 7.55. The molecule has 0 saturated heterocycles. The summed E-state index contributed by atoms with van der Waals surface area (Å²) in [7, 11) is 0. The lowest BCUT2D eigenvalue weighted by Gasteiger charge is -2.23. The molecule has 0 radical (unpaired) electrons. The Morgan fingerprint density at radius 2 is 1.90 bits per heavy atom. The van der Waals surface area contributed by atoms with Crippen LogP contribution in [-0.4, -0.2) is 21.0 Å². The Balaban J connectivity index is 1.62. The van der Waals surface area contributed by atoms with Crippen molar-refractivity contribution >= 4 is 62.8 Å². The summed E-state index contributed by atoms with van der Waals surface area (Å²) in [4.78, 5) is 8.87. The predicted molar refractivity (Wildman–Crippen MR) is 158 cm³/mol. The number of anilines is 3. The SMILES string of the molecule is Cc1ncccc1[C@H](Nc1cc(Cl)c2ncc(C#N)c(Nc3ccc(Cl)c(Cl)c3F)c2c1)C1=CN(C(C)C)NN1. The summed E-state index contributed by atoms with van der Waals surface area (Å²) in [6, 6.07) is 12.4. The number of nitriles is 1. The summed E-state index contributed by atoms with van der Waals surface area (Å²) in [5.41, 5.74) is 10.7. The number of aromatic nitrogens is 2. The smallest absolute Gasteiger partial charge is 0.166 e. The Morgan fingerprint density at radius 3 is 2.60 bits per heavy atom. The molecule has 0 fully saturated rings. The summed E-state index contributed by atoms with van der Waals surface area (Å²) in [5.74, 6) is -0.739. The van der Waals surface area contributed by atoms with E-state index >= 15 is 0 Å². The van der Waals surface area contributed by atoms with Crippen molar-refractivity contribution < 1.29 is 4.39 Å². The monoisotopic (exact) mass is 596 g/mol. The average molecular weight is 598 g/mol. The summed E-state index contributed by atoms with van der Waals surface area (Å²) >= 11 is 18.7. The number of hydrazine groups is 2. The molecule has 3 heterocycles. The van der Waals surface area contributed by atoms with Crippen molar-refractivity contribution in [3.8, 4) is 6.07 Å². The maximum Gasteiger partial charge on any atom is 0.166 e. The highest BCUT2D eigenvalue weighted by Gasteiger charge is 2.26. The van der Waals surface area contributed by atoms with Gasteiger partial charge >= 0.3 is 0 Å². The van der Waals surface area contributed by atoms with E-state index in [0.717, 1.165) is 17.0 Å². The van der Waals surface area contributed by atoms with Crippen molar-refractivity contribution in [2.45, 2.75) is 32.9 Å². The van der Waals surface area contributed by atoms with E-state index in [1.54, 1.807) is 12.3 Å². The second kappa shape index (κ2) is 11.4. The Kier molecular flexibility index (Phi) is 7.88. The van der Waals surface area contributed by atoms with Crippen molar-refractivity contribution in [2.24, 2.45) is 0 Å². The molecule has 4 aromatic rings. The molecule has 0 aliphatic carbocycles. The van der Waals surface area contributed by atoms with Crippen LogP contribution < -0.4 is 21.6 Å². The highest BCUT2D eigenvalue weighted by molar-refractivity contribution is 6.42. The van der Waals surface area contributed by atoms with E-state index < -0.39 is 5.82 Å². The van der Waals surface area contributed by atoms with E-state index in [4.69, 9.17) is 34.8 Å². The van der Waals surface area contributed by atoms with Crippen LogP contribution in [0.2, 0.25) is 15.1 Å². The lowest BCUT2D eigenvalue weighted by atomic mass is 10.0. The fourth-order valence-electron chi connectivity index (χ4n) is 4.38. The van der Waals surface area contributed by atoms with Gasteiger partial charge < -0.3 is 16.1 Å². The van der Waals surface area contributed by atoms with Gasteiger partial charge in [-0.3, -0.25) is 15.0 Å². The van der Waals surface area contributed by atoms with Crippen LogP contribution in [-0.2, 0) is 0 Å². The Hall–Kier alpha value is -3.81. The van der Waals surface area contributed by atoms with Gasteiger partial charge in [-0.25, -0.2) is 4.39 Å². The lowest BCUT2D eigenvalue weighted by molar-refractivity contribution is 0.221.